The largest absolute Gasteiger partial charge is 0.464 e. The Morgan fingerprint density at radius 1 is 1.30 bits per heavy atom. The standard InChI is InChI=1S/C20H18BrN3O2S/c1-12(24(2)10-13-6-3-4-7-15(13)21)18-22-19(25)17-14(11-27-20(17)23-18)16-8-5-9-26-16/h3-9,11-12H,10H2,1-2H3,(H,22,23,25). The highest BCUT2D eigenvalue weighted by molar-refractivity contribution is 9.10. The Morgan fingerprint density at radius 2 is 2.11 bits per heavy atom. The van der Waals surface area contributed by atoms with Gasteiger partial charge in [-0.05, 0) is 37.7 Å². The molecule has 1 N–H and O–H groups in total. The lowest BCUT2D eigenvalue weighted by molar-refractivity contribution is 0.243. The predicted octanol–water partition coefficient (Wildman–Crippen LogP) is 5.20. The molecule has 0 bridgehead atoms. The number of hydrogen-bond donors (Lipinski definition) is 1. The van der Waals surface area contributed by atoms with Gasteiger partial charge >= 0.3 is 0 Å². The van der Waals surface area contributed by atoms with Gasteiger partial charge in [-0.25, -0.2) is 4.98 Å². The number of benzene rings is 1. The highest BCUT2D eigenvalue weighted by Crippen LogP contribution is 2.31. The van der Waals surface area contributed by atoms with Crippen molar-refractivity contribution in [3.05, 3.63) is 74.3 Å². The fourth-order valence-corrected chi connectivity index (χ4v) is 4.36. The van der Waals surface area contributed by atoms with Crippen molar-refractivity contribution in [3.8, 4) is 11.3 Å². The zero-order chi connectivity index (χ0) is 19.0. The van der Waals surface area contributed by atoms with E-state index in [9.17, 15) is 4.79 Å². The number of hydrogen-bond acceptors (Lipinski definition) is 5. The van der Waals surface area contributed by atoms with Crippen LogP contribution in [-0.4, -0.2) is 21.9 Å². The van der Waals surface area contributed by atoms with Crippen LogP contribution in [0.15, 0.2) is 61.7 Å². The molecule has 1 atom stereocenters. The molecule has 3 aromatic heterocycles. The number of furan rings is 1. The topological polar surface area (TPSA) is 62.1 Å². The van der Waals surface area contributed by atoms with Gasteiger partial charge in [-0.15, -0.1) is 11.3 Å². The maximum absolute atomic E-state index is 12.8. The number of aromatic amines is 1. The molecule has 0 aliphatic rings. The number of thiophene rings is 1. The molecule has 0 spiro atoms. The molecular weight excluding hydrogens is 426 g/mol. The van der Waals surface area contributed by atoms with Crippen LogP contribution in [0.5, 0.6) is 0 Å². The van der Waals surface area contributed by atoms with Crippen molar-refractivity contribution in [3.63, 3.8) is 0 Å². The van der Waals surface area contributed by atoms with E-state index in [0.29, 0.717) is 17.0 Å². The molecule has 0 fully saturated rings. The summed E-state index contributed by atoms with van der Waals surface area (Å²) in [7, 11) is 2.02. The van der Waals surface area contributed by atoms with Crippen LogP contribution in [-0.2, 0) is 6.54 Å². The van der Waals surface area contributed by atoms with Gasteiger partial charge in [0.15, 0.2) is 0 Å². The van der Waals surface area contributed by atoms with Crippen LogP contribution in [0.2, 0.25) is 0 Å². The van der Waals surface area contributed by atoms with Crippen LogP contribution < -0.4 is 5.56 Å². The quantitative estimate of drug-likeness (QED) is 0.460. The van der Waals surface area contributed by atoms with Crippen molar-refractivity contribution in [2.45, 2.75) is 19.5 Å². The van der Waals surface area contributed by atoms with Crippen molar-refractivity contribution in [1.29, 1.82) is 0 Å². The Bertz CT molecular complexity index is 1130. The van der Waals surface area contributed by atoms with Gasteiger partial charge in [0.1, 0.15) is 16.4 Å². The van der Waals surface area contributed by atoms with E-state index in [1.807, 2.05) is 49.7 Å². The second kappa shape index (κ2) is 7.42. The van der Waals surface area contributed by atoms with E-state index < -0.39 is 0 Å². The van der Waals surface area contributed by atoms with Crippen molar-refractivity contribution < 1.29 is 4.42 Å². The smallest absolute Gasteiger partial charge is 0.260 e. The first-order valence-corrected chi connectivity index (χ1v) is 10.2. The highest BCUT2D eigenvalue weighted by Gasteiger charge is 2.19. The molecule has 138 valence electrons. The van der Waals surface area contributed by atoms with E-state index in [0.717, 1.165) is 21.4 Å². The third-order valence-corrected chi connectivity index (χ3v) is 6.33. The van der Waals surface area contributed by atoms with E-state index in [-0.39, 0.29) is 11.6 Å². The monoisotopic (exact) mass is 443 g/mol. The molecule has 0 radical (unpaired) electrons. The fourth-order valence-electron chi connectivity index (χ4n) is 3.02. The van der Waals surface area contributed by atoms with E-state index in [2.05, 4.69) is 31.9 Å². The maximum Gasteiger partial charge on any atom is 0.260 e. The summed E-state index contributed by atoms with van der Waals surface area (Å²) in [6.07, 6.45) is 1.60. The van der Waals surface area contributed by atoms with E-state index in [1.54, 1.807) is 6.26 Å². The normalized spacial score (nSPS) is 12.7. The molecule has 7 heteroatoms. The fraction of sp³-hybridized carbons (Fsp3) is 0.200. The minimum absolute atomic E-state index is 0.0385. The lowest BCUT2D eigenvalue weighted by atomic mass is 10.1. The minimum atomic E-state index is -0.135. The van der Waals surface area contributed by atoms with Crippen molar-refractivity contribution in [2.24, 2.45) is 0 Å². The van der Waals surface area contributed by atoms with Crippen LogP contribution >= 0.6 is 27.3 Å². The Hall–Kier alpha value is -2.22. The molecule has 0 aliphatic heterocycles. The number of nitrogens with zero attached hydrogens (tertiary/aromatic N) is 2. The van der Waals surface area contributed by atoms with Crippen molar-refractivity contribution in [2.75, 3.05) is 7.05 Å². The van der Waals surface area contributed by atoms with Gasteiger partial charge in [0.05, 0.1) is 17.7 Å². The average Bonchev–Trinajstić information content (AvgIpc) is 3.32. The summed E-state index contributed by atoms with van der Waals surface area (Å²) in [5.41, 5.74) is 1.84. The molecule has 3 heterocycles. The summed E-state index contributed by atoms with van der Waals surface area (Å²) in [6.45, 7) is 2.79. The average molecular weight is 444 g/mol. The molecule has 1 aromatic carbocycles. The SMILES string of the molecule is CC(c1nc2scc(-c3ccco3)c2c(=O)[nH]1)N(C)Cc1ccccc1Br. The molecule has 4 rings (SSSR count). The summed E-state index contributed by atoms with van der Waals surface area (Å²) < 4.78 is 6.52. The third kappa shape index (κ3) is 3.50. The van der Waals surface area contributed by atoms with Crippen molar-refractivity contribution >= 4 is 37.5 Å². The lowest BCUT2D eigenvalue weighted by Crippen LogP contribution is -2.26. The van der Waals surface area contributed by atoms with Crippen molar-refractivity contribution in [1.82, 2.24) is 14.9 Å². The van der Waals surface area contributed by atoms with Gasteiger partial charge in [-0.3, -0.25) is 9.69 Å². The van der Waals surface area contributed by atoms with Gasteiger partial charge < -0.3 is 9.40 Å². The molecule has 0 amide bonds. The van der Waals surface area contributed by atoms with E-state index in [4.69, 9.17) is 9.40 Å². The molecule has 27 heavy (non-hydrogen) atoms. The molecule has 1 unspecified atom stereocenters. The van der Waals surface area contributed by atoms with Crippen LogP contribution in [0.4, 0.5) is 0 Å². The van der Waals surface area contributed by atoms with Crippen LogP contribution in [0.1, 0.15) is 24.4 Å². The number of nitrogens with one attached hydrogen (secondary N) is 1. The summed E-state index contributed by atoms with van der Waals surface area (Å²) >= 11 is 5.05. The minimum Gasteiger partial charge on any atom is -0.464 e. The van der Waals surface area contributed by atoms with Gasteiger partial charge in [0.2, 0.25) is 0 Å². The van der Waals surface area contributed by atoms with E-state index >= 15 is 0 Å². The summed E-state index contributed by atoms with van der Waals surface area (Å²) in [5.74, 6) is 1.34. The zero-order valence-electron chi connectivity index (χ0n) is 14.9. The molecule has 0 saturated carbocycles. The number of aromatic nitrogens is 2. The molecule has 0 saturated heterocycles. The summed E-state index contributed by atoms with van der Waals surface area (Å²) in [5, 5.41) is 2.50. The van der Waals surface area contributed by atoms with Gasteiger partial charge in [-0.1, -0.05) is 34.1 Å². The number of H-pyrrole nitrogens is 1. The van der Waals surface area contributed by atoms with Crippen LogP contribution in [0, 0.1) is 0 Å². The summed E-state index contributed by atoms with van der Waals surface area (Å²) in [6, 6.07) is 11.8. The number of halogens is 1. The Labute approximate surface area is 168 Å². The highest BCUT2D eigenvalue weighted by atomic mass is 79.9. The Kier molecular flexibility index (Phi) is 4.99. The third-order valence-electron chi connectivity index (χ3n) is 4.68. The van der Waals surface area contributed by atoms with Crippen LogP contribution in [0.3, 0.4) is 0 Å². The first kappa shape index (κ1) is 18.2. The second-order valence-corrected chi connectivity index (χ2v) is 8.15. The molecular formula is C20H18BrN3O2S. The second-order valence-electron chi connectivity index (χ2n) is 6.44. The van der Waals surface area contributed by atoms with Crippen LogP contribution in [0.25, 0.3) is 21.5 Å². The molecule has 4 aromatic rings. The zero-order valence-corrected chi connectivity index (χ0v) is 17.3. The molecule has 0 aliphatic carbocycles. The maximum atomic E-state index is 12.8. The Balaban J connectivity index is 1.66. The van der Waals surface area contributed by atoms with E-state index in [1.165, 1.54) is 16.9 Å². The number of rotatable bonds is 5. The van der Waals surface area contributed by atoms with Gasteiger partial charge in [0.25, 0.3) is 5.56 Å². The number of fused-ring (bicyclic) bond motifs is 1. The summed E-state index contributed by atoms with van der Waals surface area (Å²) in [4.78, 5) is 23.3. The first-order valence-electron chi connectivity index (χ1n) is 8.53. The Morgan fingerprint density at radius 3 is 2.85 bits per heavy atom. The predicted molar refractivity (Wildman–Crippen MR) is 112 cm³/mol. The van der Waals surface area contributed by atoms with Gasteiger partial charge in [-0.2, -0.15) is 0 Å². The lowest BCUT2D eigenvalue weighted by Gasteiger charge is -2.24. The van der Waals surface area contributed by atoms with Gasteiger partial charge in [0, 0.05) is 22.0 Å². The molecule has 5 nitrogen and oxygen atoms in total. The first-order chi connectivity index (χ1) is 13.0.